The van der Waals surface area contributed by atoms with Crippen LogP contribution in [0.2, 0.25) is 0 Å². The molecule has 0 aliphatic heterocycles. The molecular weight excluding hydrogens is 194 g/mol. The summed E-state index contributed by atoms with van der Waals surface area (Å²) < 4.78 is 0. The van der Waals surface area contributed by atoms with Crippen LogP contribution in [0.1, 0.15) is 36.7 Å². The Kier molecular flexibility index (Phi) is 5.45. The molecule has 0 amide bonds. The number of rotatable bonds is 7. The minimum Gasteiger partial charge on any atom is -0.359 e. The van der Waals surface area contributed by atoms with Gasteiger partial charge < -0.3 is 4.98 Å². The summed E-state index contributed by atoms with van der Waals surface area (Å²) in [4.78, 5) is 14.4. The minimum absolute atomic E-state index is 0.205. The summed E-state index contributed by atoms with van der Waals surface area (Å²) in [6.45, 7) is 2.19. The van der Waals surface area contributed by atoms with Gasteiger partial charge in [-0.05, 0) is 24.3 Å². The first-order valence-corrected chi connectivity index (χ1v) is 6.24. The van der Waals surface area contributed by atoms with Gasteiger partial charge in [0.15, 0.2) is 5.78 Å². The van der Waals surface area contributed by atoms with Gasteiger partial charge in [-0.3, -0.25) is 4.79 Å². The van der Waals surface area contributed by atoms with E-state index in [1.54, 1.807) is 18.0 Å². The molecule has 1 heterocycles. The SMILES string of the molecule is CCCCCSCC(=O)c1ccc[nH]1. The number of unbranched alkanes of at least 4 members (excludes halogenated alkanes) is 2. The average molecular weight is 211 g/mol. The second-order valence-corrected chi connectivity index (χ2v) is 4.37. The summed E-state index contributed by atoms with van der Waals surface area (Å²) >= 11 is 1.73. The fraction of sp³-hybridized carbons (Fsp3) is 0.545. The second kappa shape index (κ2) is 6.71. The molecule has 1 aromatic heterocycles. The van der Waals surface area contributed by atoms with E-state index in [4.69, 9.17) is 0 Å². The molecule has 78 valence electrons. The van der Waals surface area contributed by atoms with Crippen LogP contribution < -0.4 is 0 Å². The zero-order chi connectivity index (χ0) is 10.2. The van der Waals surface area contributed by atoms with Crippen molar-refractivity contribution in [3.05, 3.63) is 24.0 Å². The Hall–Kier alpha value is -0.700. The van der Waals surface area contributed by atoms with Gasteiger partial charge >= 0.3 is 0 Å². The highest BCUT2D eigenvalue weighted by molar-refractivity contribution is 7.99. The fourth-order valence-electron chi connectivity index (χ4n) is 1.20. The zero-order valence-corrected chi connectivity index (χ0v) is 9.40. The van der Waals surface area contributed by atoms with Crippen LogP contribution >= 0.6 is 11.8 Å². The first-order valence-electron chi connectivity index (χ1n) is 5.09. The van der Waals surface area contributed by atoms with Crippen LogP contribution in [0.3, 0.4) is 0 Å². The molecule has 0 aliphatic carbocycles. The van der Waals surface area contributed by atoms with Crippen molar-refractivity contribution in [1.29, 1.82) is 0 Å². The van der Waals surface area contributed by atoms with Gasteiger partial charge in [0.1, 0.15) is 0 Å². The van der Waals surface area contributed by atoms with E-state index in [9.17, 15) is 4.79 Å². The van der Waals surface area contributed by atoms with Crippen LogP contribution in [0, 0.1) is 0 Å². The lowest BCUT2D eigenvalue weighted by Crippen LogP contribution is -2.03. The maximum atomic E-state index is 11.5. The molecule has 0 unspecified atom stereocenters. The number of hydrogen-bond acceptors (Lipinski definition) is 2. The van der Waals surface area contributed by atoms with E-state index in [0.717, 1.165) is 11.4 Å². The van der Waals surface area contributed by atoms with Gasteiger partial charge in [-0.1, -0.05) is 19.8 Å². The van der Waals surface area contributed by atoms with Crippen molar-refractivity contribution in [2.24, 2.45) is 0 Å². The van der Waals surface area contributed by atoms with E-state index in [-0.39, 0.29) is 5.78 Å². The molecule has 0 aliphatic rings. The molecule has 0 spiro atoms. The van der Waals surface area contributed by atoms with E-state index in [1.807, 2.05) is 12.1 Å². The number of hydrogen-bond donors (Lipinski definition) is 1. The van der Waals surface area contributed by atoms with Gasteiger partial charge in [-0.15, -0.1) is 0 Å². The van der Waals surface area contributed by atoms with Crippen molar-refractivity contribution in [2.45, 2.75) is 26.2 Å². The van der Waals surface area contributed by atoms with Gasteiger partial charge in [0.05, 0.1) is 11.4 Å². The van der Waals surface area contributed by atoms with Gasteiger partial charge in [-0.25, -0.2) is 0 Å². The Bertz CT molecular complexity index is 256. The number of aromatic nitrogens is 1. The Balaban J connectivity index is 2.10. The number of H-pyrrole nitrogens is 1. The molecule has 2 nitrogen and oxygen atoms in total. The molecule has 0 atom stereocenters. The van der Waals surface area contributed by atoms with Crippen LogP contribution in [0.5, 0.6) is 0 Å². The van der Waals surface area contributed by atoms with Gasteiger partial charge in [0.25, 0.3) is 0 Å². The Morgan fingerprint density at radius 3 is 3.00 bits per heavy atom. The molecule has 0 bridgehead atoms. The third kappa shape index (κ3) is 4.01. The van der Waals surface area contributed by atoms with Crippen molar-refractivity contribution >= 4 is 17.5 Å². The van der Waals surface area contributed by atoms with E-state index in [0.29, 0.717) is 5.75 Å². The summed E-state index contributed by atoms with van der Waals surface area (Å²) in [5.41, 5.74) is 0.730. The van der Waals surface area contributed by atoms with Crippen LogP contribution in [0.25, 0.3) is 0 Å². The van der Waals surface area contributed by atoms with Crippen molar-refractivity contribution in [3.8, 4) is 0 Å². The number of nitrogens with one attached hydrogen (secondary N) is 1. The van der Waals surface area contributed by atoms with Gasteiger partial charge in [0, 0.05) is 6.20 Å². The molecule has 0 aromatic carbocycles. The van der Waals surface area contributed by atoms with Crippen LogP contribution in [0.15, 0.2) is 18.3 Å². The summed E-state index contributed by atoms with van der Waals surface area (Å²) in [6, 6.07) is 3.68. The van der Waals surface area contributed by atoms with Crippen molar-refractivity contribution in [3.63, 3.8) is 0 Å². The Morgan fingerprint density at radius 2 is 2.36 bits per heavy atom. The summed E-state index contributed by atoms with van der Waals surface area (Å²) in [5.74, 6) is 1.90. The molecule has 3 heteroatoms. The number of aromatic amines is 1. The van der Waals surface area contributed by atoms with Crippen LogP contribution in [0.4, 0.5) is 0 Å². The molecule has 14 heavy (non-hydrogen) atoms. The minimum atomic E-state index is 0.205. The topological polar surface area (TPSA) is 32.9 Å². The number of carbonyl (C=O) groups excluding carboxylic acids is 1. The highest BCUT2D eigenvalue weighted by atomic mass is 32.2. The van der Waals surface area contributed by atoms with Gasteiger partial charge in [-0.2, -0.15) is 11.8 Å². The molecule has 1 N–H and O–H groups in total. The number of thioether (sulfide) groups is 1. The number of ketones is 1. The van der Waals surface area contributed by atoms with E-state index < -0.39 is 0 Å². The second-order valence-electron chi connectivity index (χ2n) is 3.27. The average Bonchev–Trinajstić information content (AvgIpc) is 2.70. The number of Topliss-reactive ketones (excluding diaryl/α,β-unsaturated/α-hetero) is 1. The maximum absolute atomic E-state index is 11.5. The van der Waals surface area contributed by atoms with Crippen LogP contribution in [-0.2, 0) is 0 Å². The number of carbonyl (C=O) groups is 1. The van der Waals surface area contributed by atoms with Crippen molar-refractivity contribution in [2.75, 3.05) is 11.5 Å². The summed E-state index contributed by atoms with van der Waals surface area (Å²) in [5, 5.41) is 0. The lowest BCUT2D eigenvalue weighted by atomic mass is 10.3. The molecule has 1 aromatic rings. The predicted molar refractivity (Wildman–Crippen MR) is 62.0 cm³/mol. The van der Waals surface area contributed by atoms with Crippen molar-refractivity contribution < 1.29 is 4.79 Å². The molecular formula is C11H17NOS. The first kappa shape index (κ1) is 11.4. The fourth-order valence-corrected chi connectivity index (χ4v) is 2.09. The lowest BCUT2D eigenvalue weighted by molar-refractivity contribution is 0.101. The van der Waals surface area contributed by atoms with Crippen LogP contribution in [-0.4, -0.2) is 22.3 Å². The van der Waals surface area contributed by atoms with E-state index in [1.165, 1.54) is 19.3 Å². The Labute approximate surface area is 89.5 Å². The largest absolute Gasteiger partial charge is 0.359 e. The highest BCUT2D eigenvalue weighted by Crippen LogP contribution is 2.08. The lowest BCUT2D eigenvalue weighted by Gasteiger charge is -1.99. The van der Waals surface area contributed by atoms with E-state index in [2.05, 4.69) is 11.9 Å². The van der Waals surface area contributed by atoms with Gasteiger partial charge in [0.2, 0.25) is 0 Å². The molecule has 0 saturated carbocycles. The predicted octanol–water partition coefficient (Wildman–Crippen LogP) is 3.12. The van der Waals surface area contributed by atoms with E-state index >= 15 is 0 Å². The summed E-state index contributed by atoms with van der Waals surface area (Å²) in [6.07, 6.45) is 5.52. The maximum Gasteiger partial charge on any atom is 0.188 e. The summed E-state index contributed by atoms with van der Waals surface area (Å²) in [7, 11) is 0. The van der Waals surface area contributed by atoms with Crippen molar-refractivity contribution in [1.82, 2.24) is 4.98 Å². The third-order valence-corrected chi connectivity index (χ3v) is 3.07. The zero-order valence-electron chi connectivity index (χ0n) is 8.58. The molecule has 0 saturated heterocycles. The Morgan fingerprint density at radius 1 is 1.50 bits per heavy atom. The monoisotopic (exact) mass is 211 g/mol. The standard InChI is InChI=1S/C11H17NOS/c1-2-3-4-8-14-9-11(13)10-6-5-7-12-10/h5-7,12H,2-4,8-9H2,1H3. The smallest absolute Gasteiger partial charge is 0.188 e. The molecule has 0 fully saturated rings. The normalized spacial score (nSPS) is 10.4. The third-order valence-electron chi connectivity index (χ3n) is 2.02. The molecule has 1 rings (SSSR count). The molecule has 0 radical (unpaired) electrons. The quantitative estimate of drug-likeness (QED) is 0.555. The first-order chi connectivity index (χ1) is 6.84. The highest BCUT2D eigenvalue weighted by Gasteiger charge is 2.05.